The van der Waals surface area contributed by atoms with Crippen molar-refractivity contribution in [1.29, 1.82) is 0 Å². The third-order valence-electron chi connectivity index (χ3n) is 5.90. The summed E-state index contributed by atoms with van der Waals surface area (Å²) in [5.41, 5.74) is 0. The number of alkyl halides is 2. The number of hydrogen-bond acceptors (Lipinski definition) is 3. The Labute approximate surface area is 135 Å². The topological polar surface area (TPSA) is 55.8 Å². The van der Waals surface area contributed by atoms with Crippen molar-refractivity contribution >= 4 is 5.97 Å². The van der Waals surface area contributed by atoms with E-state index in [1.54, 1.807) is 0 Å². The molecule has 0 aliphatic heterocycles. The van der Waals surface area contributed by atoms with Crippen molar-refractivity contribution in [1.82, 2.24) is 0 Å². The molecule has 1 atom stereocenters. The van der Waals surface area contributed by atoms with Gasteiger partial charge in [0, 0.05) is 0 Å². The molecule has 0 aromatic heterocycles. The quantitative estimate of drug-likeness (QED) is 0.725. The van der Waals surface area contributed by atoms with Crippen LogP contribution in [-0.2, 0) is 14.3 Å². The first-order chi connectivity index (χ1) is 10.8. The average Bonchev–Trinajstić information content (AvgIpc) is 2.44. The highest BCUT2D eigenvalue weighted by Crippen LogP contribution is 2.54. The van der Waals surface area contributed by atoms with Crippen LogP contribution in [0.3, 0.4) is 0 Å². The van der Waals surface area contributed by atoms with Crippen LogP contribution in [0.2, 0.25) is 0 Å². The van der Waals surface area contributed by atoms with E-state index in [1.807, 2.05) is 0 Å². The summed E-state index contributed by atoms with van der Waals surface area (Å²) in [6.07, 6.45) is 4.47. The predicted octanol–water partition coefficient (Wildman–Crippen LogP) is 3.55. The fourth-order valence-electron chi connectivity index (χ4n) is 5.18. The molecule has 0 aromatic rings. The Morgan fingerprint density at radius 2 is 1.65 bits per heavy atom. The van der Waals surface area contributed by atoms with Gasteiger partial charge in [0.25, 0.3) is 0 Å². The van der Waals surface area contributed by atoms with Gasteiger partial charge in [0.2, 0.25) is 0 Å². The van der Waals surface area contributed by atoms with Crippen molar-refractivity contribution in [2.24, 2.45) is 29.6 Å². The third-order valence-corrected chi connectivity index (χ3v) is 5.90. The normalized spacial score (nSPS) is 37.3. The van der Waals surface area contributed by atoms with Crippen LogP contribution in [0.25, 0.3) is 0 Å². The molecule has 0 saturated heterocycles. The summed E-state index contributed by atoms with van der Waals surface area (Å²) in [6, 6.07) is 0. The van der Waals surface area contributed by atoms with Gasteiger partial charge in [0.1, 0.15) is 12.9 Å². The number of halogens is 2. The summed E-state index contributed by atoms with van der Waals surface area (Å²) in [7, 11) is 0. The van der Waals surface area contributed by atoms with Crippen LogP contribution >= 0.6 is 0 Å². The first-order valence-electron chi connectivity index (χ1n) is 8.63. The van der Waals surface area contributed by atoms with Crippen molar-refractivity contribution in [2.75, 3.05) is 6.79 Å². The maximum absolute atomic E-state index is 13.7. The molecular formula is C17H26F2O4. The highest BCUT2D eigenvalue weighted by atomic mass is 19.3. The second kappa shape index (κ2) is 6.28. The second-order valence-electron chi connectivity index (χ2n) is 7.94. The van der Waals surface area contributed by atoms with Gasteiger partial charge in [-0.3, -0.25) is 0 Å². The Hall–Kier alpha value is -0.750. The zero-order valence-electron chi connectivity index (χ0n) is 13.7. The predicted molar refractivity (Wildman–Crippen MR) is 79.1 cm³/mol. The van der Waals surface area contributed by atoms with Crippen molar-refractivity contribution in [3.63, 3.8) is 0 Å². The minimum Gasteiger partial charge on any atom is -0.477 e. The SMILES string of the molecule is CC(C)C(OCOC1C2CC3CC(C2)CC1C3)C(F)(F)C(=O)O. The number of hydrogen-bond donors (Lipinski definition) is 1. The van der Waals surface area contributed by atoms with Crippen LogP contribution in [0.1, 0.15) is 46.0 Å². The first kappa shape index (κ1) is 17.1. The van der Waals surface area contributed by atoms with Crippen molar-refractivity contribution in [3.05, 3.63) is 0 Å². The number of carboxylic acids is 1. The van der Waals surface area contributed by atoms with E-state index in [1.165, 1.54) is 46.0 Å². The van der Waals surface area contributed by atoms with Crippen LogP contribution in [-0.4, -0.2) is 36.0 Å². The average molecular weight is 332 g/mol. The molecule has 1 unspecified atom stereocenters. The van der Waals surface area contributed by atoms with Gasteiger partial charge < -0.3 is 14.6 Å². The molecule has 132 valence electrons. The van der Waals surface area contributed by atoms with Crippen LogP contribution < -0.4 is 0 Å². The molecule has 4 saturated carbocycles. The van der Waals surface area contributed by atoms with Crippen molar-refractivity contribution < 1.29 is 28.2 Å². The smallest absolute Gasteiger partial charge is 0.377 e. The van der Waals surface area contributed by atoms with Gasteiger partial charge in [-0.05, 0) is 61.7 Å². The number of ether oxygens (including phenoxy) is 2. The minimum atomic E-state index is -3.90. The van der Waals surface area contributed by atoms with E-state index >= 15 is 0 Å². The van der Waals surface area contributed by atoms with E-state index in [4.69, 9.17) is 14.6 Å². The van der Waals surface area contributed by atoms with E-state index in [9.17, 15) is 13.6 Å². The second-order valence-corrected chi connectivity index (χ2v) is 7.94. The zero-order valence-corrected chi connectivity index (χ0v) is 13.7. The molecule has 0 spiro atoms. The van der Waals surface area contributed by atoms with Gasteiger partial charge in [-0.25, -0.2) is 4.79 Å². The van der Waals surface area contributed by atoms with Gasteiger partial charge in [0.05, 0.1) is 6.10 Å². The van der Waals surface area contributed by atoms with Crippen molar-refractivity contribution in [2.45, 2.75) is 64.1 Å². The fourth-order valence-corrected chi connectivity index (χ4v) is 5.18. The highest BCUT2D eigenvalue weighted by molar-refractivity contribution is 5.76. The molecule has 0 amide bonds. The number of carboxylic acid groups (broad SMARTS) is 1. The highest BCUT2D eigenvalue weighted by Gasteiger charge is 2.51. The molecule has 0 radical (unpaired) electrons. The molecule has 0 heterocycles. The molecule has 0 aromatic carbocycles. The van der Waals surface area contributed by atoms with Gasteiger partial charge in [-0.1, -0.05) is 13.8 Å². The number of rotatable bonds is 7. The van der Waals surface area contributed by atoms with Gasteiger partial charge in [-0.15, -0.1) is 0 Å². The fraction of sp³-hybridized carbons (Fsp3) is 0.941. The summed E-state index contributed by atoms with van der Waals surface area (Å²) in [5, 5.41) is 8.70. The van der Waals surface area contributed by atoms with Crippen LogP contribution in [0.4, 0.5) is 8.78 Å². The third kappa shape index (κ3) is 3.25. The standard InChI is InChI=1S/C17H26F2O4/c1-9(2)15(17(18,19)16(20)21)23-8-22-14-12-4-10-3-11(6-12)7-13(14)5-10/h9-15H,3-8H2,1-2H3,(H,20,21). The Balaban J connectivity index is 1.55. The largest absolute Gasteiger partial charge is 0.477 e. The Morgan fingerprint density at radius 1 is 1.13 bits per heavy atom. The van der Waals surface area contributed by atoms with E-state index in [2.05, 4.69) is 0 Å². The van der Waals surface area contributed by atoms with E-state index in [0.29, 0.717) is 11.8 Å². The lowest BCUT2D eigenvalue weighted by Gasteiger charge is -2.53. The van der Waals surface area contributed by atoms with Gasteiger partial charge in [-0.2, -0.15) is 8.78 Å². The summed E-state index contributed by atoms with van der Waals surface area (Å²) in [5.74, 6) is -3.98. The number of aliphatic carboxylic acids is 1. The molecule has 4 aliphatic rings. The van der Waals surface area contributed by atoms with E-state index in [0.717, 1.165) is 11.8 Å². The molecule has 6 heteroatoms. The molecule has 4 nitrogen and oxygen atoms in total. The van der Waals surface area contributed by atoms with Crippen LogP contribution in [0.5, 0.6) is 0 Å². The van der Waals surface area contributed by atoms with E-state index in [-0.39, 0.29) is 12.9 Å². The maximum atomic E-state index is 13.7. The Bertz CT molecular complexity index is 424. The molecule has 4 rings (SSSR count). The lowest BCUT2D eigenvalue weighted by molar-refractivity contribution is -0.234. The minimum absolute atomic E-state index is 0.0917. The lowest BCUT2D eigenvalue weighted by atomic mass is 9.55. The molecule has 4 bridgehead atoms. The number of carbonyl (C=O) groups is 1. The molecule has 1 N–H and O–H groups in total. The van der Waals surface area contributed by atoms with Crippen molar-refractivity contribution in [3.8, 4) is 0 Å². The van der Waals surface area contributed by atoms with E-state index < -0.39 is 23.9 Å². The molecule has 4 aliphatic carbocycles. The Morgan fingerprint density at radius 3 is 2.09 bits per heavy atom. The monoisotopic (exact) mass is 332 g/mol. The van der Waals surface area contributed by atoms with Gasteiger partial charge >= 0.3 is 11.9 Å². The van der Waals surface area contributed by atoms with Crippen LogP contribution in [0.15, 0.2) is 0 Å². The van der Waals surface area contributed by atoms with Gasteiger partial charge in [0.15, 0.2) is 0 Å². The summed E-state index contributed by atoms with van der Waals surface area (Å²) < 4.78 is 38.5. The maximum Gasteiger partial charge on any atom is 0.377 e. The molecule has 4 fully saturated rings. The molecular weight excluding hydrogens is 306 g/mol. The van der Waals surface area contributed by atoms with Crippen LogP contribution in [0, 0.1) is 29.6 Å². The first-order valence-corrected chi connectivity index (χ1v) is 8.63. The summed E-state index contributed by atoms with van der Waals surface area (Å²) in [6.45, 7) is 2.81. The Kier molecular flexibility index (Phi) is 4.67. The lowest BCUT2D eigenvalue weighted by Crippen LogP contribution is -2.50. The summed E-state index contributed by atoms with van der Waals surface area (Å²) in [4.78, 5) is 10.8. The zero-order chi connectivity index (χ0) is 16.8. The molecule has 23 heavy (non-hydrogen) atoms. The summed E-state index contributed by atoms with van der Waals surface area (Å²) >= 11 is 0.